The summed E-state index contributed by atoms with van der Waals surface area (Å²) in [5.41, 5.74) is 8.10. The summed E-state index contributed by atoms with van der Waals surface area (Å²) in [6, 6.07) is 35.8. The molecule has 0 bridgehead atoms. The van der Waals surface area contributed by atoms with Crippen LogP contribution >= 0.6 is 0 Å². The van der Waals surface area contributed by atoms with Crippen LogP contribution in [0, 0.1) is 0 Å². The van der Waals surface area contributed by atoms with E-state index in [0.29, 0.717) is 73.8 Å². The zero-order valence-corrected chi connectivity index (χ0v) is 40.5. The van der Waals surface area contributed by atoms with Gasteiger partial charge in [0.15, 0.2) is 0 Å². The third-order valence-corrected chi connectivity index (χ3v) is 11.2. The molecule has 9 aromatic rings. The van der Waals surface area contributed by atoms with Crippen LogP contribution in [0.5, 0.6) is 11.7 Å². The number of hydrogen-bond donors (Lipinski definition) is 1. The maximum atomic E-state index is 14.9. The molecular formula is C59H60N2O7. The number of allylic oxidation sites excluding steroid dienone is 2. The van der Waals surface area contributed by atoms with Gasteiger partial charge >= 0.3 is 17.9 Å². The highest BCUT2D eigenvalue weighted by molar-refractivity contribution is 6.10. The summed E-state index contributed by atoms with van der Waals surface area (Å²) in [7, 11) is 0. The molecule has 68 heavy (non-hydrogen) atoms. The van der Waals surface area contributed by atoms with Crippen LogP contribution in [0.25, 0.3) is 66.3 Å². The van der Waals surface area contributed by atoms with E-state index in [-0.39, 0.29) is 29.2 Å². The summed E-state index contributed by atoms with van der Waals surface area (Å²) in [5.74, 6) is -1.54. The number of esters is 1. The van der Waals surface area contributed by atoms with Crippen LogP contribution in [-0.4, -0.2) is 27.0 Å². The van der Waals surface area contributed by atoms with E-state index in [1.807, 2.05) is 120 Å². The van der Waals surface area contributed by atoms with Gasteiger partial charge in [-0.25, -0.2) is 19.6 Å². The van der Waals surface area contributed by atoms with Crippen molar-refractivity contribution >= 4 is 55.7 Å². The van der Waals surface area contributed by atoms with Crippen molar-refractivity contribution in [1.82, 2.24) is 9.97 Å². The monoisotopic (exact) mass is 908 g/mol. The van der Waals surface area contributed by atoms with Gasteiger partial charge in [0, 0.05) is 21.7 Å². The Kier molecular flexibility index (Phi) is 16.2. The summed E-state index contributed by atoms with van der Waals surface area (Å²) >= 11 is 0. The van der Waals surface area contributed by atoms with E-state index >= 15 is 0 Å². The first-order valence-electron chi connectivity index (χ1n) is 23.2. The molecule has 0 fully saturated rings. The van der Waals surface area contributed by atoms with Crippen molar-refractivity contribution in [3.8, 4) is 34.2 Å². The third kappa shape index (κ3) is 10.3. The highest BCUT2D eigenvalue weighted by Gasteiger charge is 2.28. The Morgan fingerprint density at radius 2 is 1.31 bits per heavy atom. The number of para-hydroxylation sites is 2. The molecule has 9 rings (SSSR count). The molecule has 0 saturated heterocycles. The van der Waals surface area contributed by atoms with E-state index in [2.05, 4.69) is 46.9 Å². The maximum absolute atomic E-state index is 14.9. The lowest BCUT2D eigenvalue weighted by Crippen LogP contribution is -2.14. The average Bonchev–Trinajstić information content (AvgIpc) is 3.97. The average molecular weight is 909 g/mol. The number of fused-ring (bicyclic) bond motifs is 4. The topological polar surface area (TPSA) is 125 Å². The van der Waals surface area contributed by atoms with Gasteiger partial charge in [0.1, 0.15) is 29.8 Å². The van der Waals surface area contributed by atoms with Gasteiger partial charge in [0.2, 0.25) is 0 Å². The number of carbonyl (C=O) groups is 2. The van der Waals surface area contributed by atoms with E-state index in [4.69, 9.17) is 28.3 Å². The van der Waals surface area contributed by atoms with Crippen LogP contribution in [0.2, 0.25) is 0 Å². The molecule has 9 nitrogen and oxygen atoms in total. The van der Waals surface area contributed by atoms with Crippen molar-refractivity contribution in [3.05, 3.63) is 180 Å². The highest BCUT2D eigenvalue weighted by Crippen LogP contribution is 2.43. The zero-order valence-electron chi connectivity index (χ0n) is 40.5. The number of furan rings is 2. The fourth-order valence-corrected chi connectivity index (χ4v) is 7.86. The molecule has 0 aliphatic rings. The number of carbonyl (C=O) groups excluding carboxylic acids is 1. The number of benzene rings is 5. The number of nitrogens with zero attached hydrogens (tertiary/aromatic N) is 2. The molecule has 4 aromatic heterocycles. The number of pyridine rings is 2. The Labute approximate surface area is 398 Å². The third-order valence-electron chi connectivity index (χ3n) is 11.2. The number of ether oxygens (including phenoxy) is 2. The highest BCUT2D eigenvalue weighted by atomic mass is 16.6. The lowest BCUT2D eigenvalue weighted by atomic mass is 9.84. The van der Waals surface area contributed by atoms with Gasteiger partial charge in [-0.15, -0.1) is 0 Å². The van der Waals surface area contributed by atoms with Crippen LogP contribution in [-0.2, 0) is 24.9 Å². The van der Waals surface area contributed by atoms with Crippen molar-refractivity contribution in [3.63, 3.8) is 0 Å². The molecule has 348 valence electrons. The number of aromatic carboxylic acids is 1. The summed E-state index contributed by atoms with van der Waals surface area (Å²) in [5, 5.41) is 13.2. The maximum Gasteiger partial charge on any atom is 0.346 e. The summed E-state index contributed by atoms with van der Waals surface area (Å²) < 4.78 is 24.9. The van der Waals surface area contributed by atoms with Gasteiger partial charge in [-0.05, 0) is 76.9 Å². The Bertz CT molecular complexity index is 3240. The molecule has 9 heteroatoms. The summed E-state index contributed by atoms with van der Waals surface area (Å²) in [6.45, 7) is 25.4. The van der Waals surface area contributed by atoms with E-state index in [1.54, 1.807) is 36.6 Å². The molecule has 0 atom stereocenters. The minimum absolute atomic E-state index is 0.00479. The molecule has 0 saturated carbocycles. The predicted molar refractivity (Wildman–Crippen MR) is 277 cm³/mol. The standard InChI is InChI=1S/C51H42N2O7.C4H6.2C2H6/c1-6-30-21-22-43(57-27-29-15-9-8-10-16-29)45-37(48(54)55)26-40(53-47(30)45)44-34-18-12-14-20-42(34)59-50(44)60-49(56)36-25-39(38-28-58-41-19-13-11-17-33(38)41)52-46-31(7-2)23-32(24-35(36)46)51(3,4)5;1-3-4-2;2*1-2/h8-26,28H,6-7,27H2,1-5H3,(H,54,55);3-4H,1-2H2;2*1-2H3. The number of carboxylic acid groups (broad SMARTS) is 1. The van der Waals surface area contributed by atoms with Crippen LogP contribution in [0.1, 0.15) is 105 Å². The molecular weight excluding hydrogens is 849 g/mol. The molecule has 0 unspecified atom stereocenters. The van der Waals surface area contributed by atoms with E-state index in [0.717, 1.165) is 33.2 Å². The first-order valence-corrected chi connectivity index (χ1v) is 23.2. The Hall–Kier alpha value is -7.78. The minimum Gasteiger partial charge on any atom is -0.488 e. The van der Waals surface area contributed by atoms with Crippen LogP contribution in [0.3, 0.4) is 0 Å². The van der Waals surface area contributed by atoms with Crippen molar-refractivity contribution in [1.29, 1.82) is 0 Å². The van der Waals surface area contributed by atoms with Crippen LogP contribution < -0.4 is 9.47 Å². The molecule has 0 amide bonds. The minimum atomic E-state index is -1.16. The number of hydrogen-bond acceptors (Lipinski definition) is 8. The van der Waals surface area contributed by atoms with E-state index in [1.165, 1.54) is 6.07 Å². The van der Waals surface area contributed by atoms with E-state index in [9.17, 15) is 14.7 Å². The van der Waals surface area contributed by atoms with Gasteiger partial charge in [-0.2, -0.15) is 0 Å². The molecule has 0 aliphatic carbocycles. The van der Waals surface area contributed by atoms with Gasteiger partial charge in [0.05, 0.1) is 44.5 Å². The fourth-order valence-electron chi connectivity index (χ4n) is 7.86. The first-order chi connectivity index (χ1) is 32.9. The van der Waals surface area contributed by atoms with Gasteiger partial charge in [-0.3, -0.25) is 0 Å². The second-order valence-corrected chi connectivity index (χ2v) is 16.4. The summed E-state index contributed by atoms with van der Waals surface area (Å²) in [6.07, 6.45) is 6.21. The molecule has 0 spiro atoms. The second-order valence-electron chi connectivity index (χ2n) is 16.4. The normalized spacial score (nSPS) is 10.9. The predicted octanol–water partition coefficient (Wildman–Crippen LogP) is 15.9. The SMILES string of the molecule is C=CC=C.CC.CC.CCc1cc(C(C)(C)C)cc2c(C(=O)Oc3oc4ccccc4c3-c3cc(C(=O)O)c4c(OCc5ccccc5)ccc(CC)c4n3)cc(-c3coc4ccccc34)nc12. The number of carboxylic acids is 1. The lowest BCUT2D eigenvalue weighted by molar-refractivity contribution is 0.0688. The largest absolute Gasteiger partial charge is 0.488 e. The van der Waals surface area contributed by atoms with Crippen molar-refractivity contribution in [2.24, 2.45) is 0 Å². The van der Waals surface area contributed by atoms with Crippen molar-refractivity contribution < 1.29 is 33.0 Å². The fraction of sp³-hybridized carbons (Fsp3) is 0.220. The Morgan fingerprint density at radius 3 is 1.96 bits per heavy atom. The number of aryl methyl sites for hydroxylation is 2. The first kappa shape index (κ1) is 49.6. The van der Waals surface area contributed by atoms with Crippen molar-refractivity contribution in [2.45, 2.75) is 87.2 Å². The van der Waals surface area contributed by atoms with E-state index < -0.39 is 11.9 Å². The van der Waals surface area contributed by atoms with Crippen LogP contribution in [0.4, 0.5) is 0 Å². The lowest BCUT2D eigenvalue weighted by Gasteiger charge is -2.22. The molecule has 0 radical (unpaired) electrons. The molecule has 4 heterocycles. The Balaban J connectivity index is 0.000000894. The molecule has 1 N–H and O–H groups in total. The van der Waals surface area contributed by atoms with Crippen LogP contribution in [0.15, 0.2) is 156 Å². The molecule has 0 aliphatic heterocycles. The number of aromatic nitrogens is 2. The second kappa shape index (κ2) is 22.1. The van der Waals surface area contributed by atoms with Gasteiger partial charge in [0.25, 0.3) is 0 Å². The molecule has 5 aromatic carbocycles. The quantitative estimate of drug-likeness (QED) is 0.0997. The smallest absolute Gasteiger partial charge is 0.346 e. The van der Waals surface area contributed by atoms with Gasteiger partial charge in [-0.1, -0.05) is 166 Å². The number of rotatable bonds is 11. The zero-order chi connectivity index (χ0) is 49.1. The Morgan fingerprint density at radius 1 is 0.691 bits per heavy atom. The van der Waals surface area contributed by atoms with Crippen molar-refractivity contribution in [2.75, 3.05) is 0 Å². The van der Waals surface area contributed by atoms with Gasteiger partial charge < -0.3 is 23.4 Å². The summed E-state index contributed by atoms with van der Waals surface area (Å²) in [4.78, 5) is 38.3.